The molecule has 1 aromatic carbocycles. The lowest BCUT2D eigenvalue weighted by molar-refractivity contribution is -0.135. The number of nitrogens with one attached hydrogen (secondary N) is 1. The molecule has 3 aliphatic rings. The predicted molar refractivity (Wildman–Crippen MR) is 116 cm³/mol. The summed E-state index contributed by atoms with van der Waals surface area (Å²) in [5, 5.41) is 3.50. The van der Waals surface area contributed by atoms with E-state index in [-0.39, 0.29) is 30.8 Å². The van der Waals surface area contributed by atoms with E-state index >= 15 is 0 Å². The van der Waals surface area contributed by atoms with E-state index in [2.05, 4.69) is 16.8 Å². The van der Waals surface area contributed by atoms with Gasteiger partial charge in [0, 0.05) is 45.3 Å². The first-order chi connectivity index (χ1) is 14.4. The lowest BCUT2D eigenvalue weighted by Gasteiger charge is -2.48. The summed E-state index contributed by atoms with van der Waals surface area (Å²) >= 11 is 12.2. The van der Waals surface area contributed by atoms with Crippen LogP contribution in [0.2, 0.25) is 10.0 Å². The molecule has 2 fully saturated rings. The Morgan fingerprint density at radius 2 is 1.77 bits per heavy atom. The lowest BCUT2D eigenvalue weighted by atomic mass is 10.1. The number of anilines is 2. The highest BCUT2D eigenvalue weighted by Crippen LogP contribution is 2.36. The lowest BCUT2D eigenvalue weighted by Crippen LogP contribution is -2.64. The zero-order valence-electron chi connectivity index (χ0n) is 16.4. The Morgan fingerprint density at radius 3 is 2.43 bits per heavy atom. The molecular weight excluding hydrogens is 429 g/mol. The summed E-state index contributed by atoms with van der Waals surface area (Å²) in [6.45, 7) is 7.91. The number of carbonyl (C=O) groups excluding carboxylic acids is 3. The highest BCUT2D eigenvalue weighted by molar-refractivity contribution is 6.42. The molecule has 3 amide bonds. The van der Waals surface area contributed by atoms with Crippen molar-refractivity contribution in [1.29, 1.82) is 0 Å². The van der Waals surface area contributed by atoms with Gasteiger partial charge < -0.3 is 20.0 Å². The zero-order chi connectivity index (χ0) is 21.4. The van der Waals surface area contributed by atoms with Gasteiger partial charge in [-0.05, 0) is 18.2 Å². The summed E-state index contributed by atoms with van der Waals surface area (Å²) in [7, 11) is 0. The molecule has 3 aliphatic heterocycles. The Hall–Kier alpha value is -2.29. The monoisotopic (exact) mass is 451 g/mol. The van der Waals surface area contributed by atoms with E-state index in [1.807, 2.05) is 4.90 Å². The van der Waals surface area contributed by atoms with Crippen molar-refractivity contribution in [2.24, 2.45) is 0 Å². The smallest absolute Gasteiger partial charge is 0.246 e. The zero-order valence-corrected chi connectivity index (χ0v) is 18.0. The summed E-state index contributed by atoms with van der Waals surface area (Å²) in [4.78, 5) is 44.2. The Morgan fingerprint density at radius 1 is 1.10 bits per heavy atom. The second kappa shape index (κ2) is 8.45. The van der Waals surface area contributed by atoms with Gasteiger partial charge >= 0.3 is 0 Å². The van der Waals surface area contributed by atoms with E-state index in [1.165, 1.54) is 6.08 Å². The van der Waals surface area contributed by atoms with Crippen LogP contribution < -0.4 is 10.2 Å². The van der Waals surface area contributed by atoms with E-state index in [9.17, 15) is 14.4 Å². The molecule has 2 saturated heterocycles. The maximum absolute atomic E-state index is 12.9. The largest absolute Gasteiger partial charge is 0.351 e. The molecule has 3 heterocycles. The van der Waals surface area contributed by atoms with Gasteiger partial charge in [-0.1, -0.05) is 29.8 Å². The minimum Gasteiger partial charge on any atom is -0.351 e. The number of amides is 3. The van der Waals surface area contributed by atoms with Crippen molar-refractivity contribution in [2.45, 2.75) is 6.04 Å². The molecule has 0 atom stereocenters. The maximum Gasteiger partial charge on any atom is 0.246 e. The Kier molecular flexibility index (Phi) is 5.90. The highest BCUT2D eigenvalue weighted by atomic mass is 35.5. The first-order valence-corrected chi connectivity index (χ1v) is 10.6. The van der Waals surface area contributed by atoms with Crippen LogP contribution in [0.4, 0.5) is 11.4 Å². The Labute approximate surface area is 185 Å². The van der Waals surface area contributed by atoms with E-state index < -0.39 is 0 Å². The van der Waals surface area contributed by atoms with Gasteiger partial charge in [-0.3, -0.25) is 19.3 Å². The number of piperazine rings is 1. The predicted octanol–water partition coefficient (Wildman–Crippen LogP) is 1.29. The molecule has 1 aromatic rings. The van der Waals surface area contributed by atoms with Gasteiger partial charge in [0.2, 0.25) is 17.7 Å². The molecular formula is C20H23Cl2N5O3. The maximum atomic E-state index is 12.9. The topological polar surface area (TPSA) is 76.2 Å². The van der Waals surface area contributed by atoms with Crippen molar-refractivity contribution in [3.05, 3.63) is 34.8 Å². The third kappa shape index (κ3) is 4.12. The van der Waals surface area contributed by atoms with Crippen LogP contribution in [0.25, 0.3) is 0 Å². The minimum atomic E-state index is -0.192. The summed E-state index contributed by atoms with van der Waals surface area (Å²) in [6, 6.07) is 3.62. The molecule has 0 aliphatic carbocycles. The third-order valence-electron chi connectivity index (χ3n) is 5.85. The molecule has 0 aromatic heterocycles. The molecule has 0 bridgehead atoms. The number of rotatable bonds is 4. The molecule has 0 radical (unpaired) electrons. The standard InChI is InChI=1S/C20H23Cl2N5O3/c1-2-19(29)27-9-13(10-27)24-3-5-25(6-4-24)20(30)12-26-11-18(28)23-16-7-14(21)15(22)8-17(16)26/h2,7-8,13H,1,3-6,9-12H2,(H,23,28). The van der Waals surface area contributed by atoms with Gasteiger partial charge in [0.15, 0.2) is 0 Å². The fourth-order valence-corrected chi connectivity index (χ4v) is 4.40. The fraction of sp³-hybridized carbons (Fsp3) is 0.450. The average Bonchev–Trinajstić information content (AvgIpc) is 2.68. The van der Waals surface area contributed by atoms with E-state index in [4.69, 9.17) is 23.2 Å². The molecule has 10 heteroatoms. The molecule has 4 rings (SSSR count). The molecule has 8 nitrogen and oxygen atoms in total. The first kappa shape index (κ1) is 21.0. The van der Waals surface area contributed by atoms with Gasteiger partial charge in [0.05, 0.1) is 34.5 Å². The van der Waals surface area contributed by atoms with Crippen molar-refractivity contribution >= 4 is 52.3 Å². The number of hydrogen-bond acceptors (Lipinski definition) is 5. The second-order valence-corrected chi connectivity index (χ2v) is 8.52. The van der Waals surface area contributed by atoms with Crippen molar-refractivity contribution in [1.82, 2.24) is 14.7 Å². The second-order valence-electron chi connectivity index (χ2n) is 7.71. The highest BCUT2D eigenvalue weighted by Gasteiger charge is 2.36. The SMILES string of the molecule is C=CC(=O)N1CC(N2CCN(C(=O)CN3CC(=O)Nc4cc(Cl)c(Cl)cc43)CC2)C1. The number of carbonyl (C=O) groups is 3. The molecule has 1 N–H and O–H groups in total. The molecule has 0 unspecified atom stereocenters. The van der Waals surface area contributed by atoms with Gasteiger partial charge in [-0.25, -0.2) is 0 Å². The molecule has 160 valence electrons. The minimum absolute atomic E-state index is 0.0292. The van der Waals surface area contributed by atoms with Gasteiger partial charge in [0.25, 0.3) is 0 Å². The van der Waals surface area contributed by atoms with Crippen LogP contribution in [-0.4, -0.2) is 90.8 Å². The van der Waals surface area contributed by atoms with Crippen LogP contribution in [0.15, 0.2) is 24.8 Å². The van der Waals surface area contributed by atoms with Crippen molar-refractivity contribution in [3.63, 3.8) is 0 Å². The fourth-order valence-electron chi connectivity index (χ4n) is 4.08. The summed E-state index contributed by atoms with van der Waals surface area (Å²) in [5.74, 6) is -0.257. The van der Waals surface area contributed by atoms with Crippen LogP contribution in [0.5, 0.6) is 0 Å². The number of fused-ring (bicyclic) bond motifs is 1. The molecule has 30 heavy (non-hydrogen) atoms. The molecule has 0 spiro atoms. The third-order valence-corrected chi connectivity index (χ3v) is 6.57. The van der Waals surface area contributed by atoms with Crippen LogP contribution in [-0.2, 0) is 14.4 Å². The van der Waals surface area contributed by atoms with E-state index in [0.717, 1.165) is 13.1 Å². The van der Waals surface area contributed by atoms with Crippen LogP contribution in [0.1, 0.15) is 0 Å². The van der Waals surface area contributed by atoms with E-state index in [0.29, 0.717) is 53.6 Å². The number of halogens is 2. The van der Waals surface area contributed by atoms with Crippen molar-refractivity contribution in [3.8, 4) is 0 Å². The van der Waals surface area contributed by atoms with Crippen molar-refractivity contribution < 1.29 is 14.4 Å². The van der Waals surface area contributed by atoms with Crippen LogP contribution >= 0.6 is 23.2 Å². The quantitative estimate of drug-likeness (QED) is 0.698. The summed E-state index contributed by atoms with van der Waals surface area (Å²) < 4.78 is 0. The Bertz CT molecular complexity index is 895. The number of benzene rings is 1. The molecule has 0 saturated carbocycles. The number of nitrogens with zero attached hydrogens (tertiary/aromatic N) is 4. The normalized spacial score (nSPS) is 19.8. The van der Waals surface area contributed by atoms with Crippen molar-refractivity contribution in [2.75, 3.05) is 62.6 Å². The van der Waals surface area contributed by atoms with Crippen LogP contribution in [0.3, 0.4) is 0 Å². The van der Waals surface area contributed by atoms with Gasteiger partial charge in [-0.2, -0.15) is 0 Å². The average molecular weight is 452 g/mol. The number of hydrogen-bond donors (Lipinski definition) is 1. The first-order valence-electron chi connectivity index (χ1n) is 9.82. The Balaban J connectivity index is 1.33. The van der Waals surface area contributed by atoms with E-state index in [1.54, 1.807) is 21.9 Å². The van der Waals surface area contributed by atoms with Gasteiger partial charge in [0.1, 0.15) is 0 Å². The van der Waals surface area contributed by atoms with Gasteiger partial charge in [-0.15, -0.1) is 0 Å². The summed E-state index contributed by atoms with van der Waals surface area (Å²) in [6.07, 6.45) is 1.34. The number of likely N-dealkylation sites (tertiary alicyclic amines) is 1. The van der Waals surface area contributed by atoms with Crippen LogP contribution in [0, 0.1) is 0 Å². The summed E-state index contributed by atoms with van der Waals surface area (Å²) in [5.41, 5.74) is 1.25.